The number of benzene rings is 2. The fraction of sp³-hybridized carbons (Fsp3) is 0.0667. The van der Waals surface area contributed by atoms with Crippen molar-refractivity contribution in [3.63, 3.8) is 0 Å². The summed E-state index contributed by atoms with van der Waals surface area (Å²) < 4.78 is 0. The van der Waals surface area contributed by atoms with Crippen LogP contribution in [0, 0.1) is 6.92 Å². The Hall–Kier alpha value is -2.33. The van der Waals surface area contributed by atoms with Crippen LogP contribution in [0.5, 0.6) is 0 Å². The second-order valence-electron chi connectivity index (χ2n) is 4.51. The lowest BCUT2D eigenvalue weighted by molar-refractivity contribution is 1.10. The number of H-pyrrole nitrogens is 1. The molecule has 0 aliphatic rings. The molecule has 100 valence electrons. The lowest BCUT2D eigenvalue weighted by Crippen LogP contribution is -1.92. The van der Waals surface area contributed by atoms with E-state index < -0.39 is 0 Å². The van der Waals surface area contributed by atoms with E-state index in [0.29, 0.717) is 16.8 Å². The van der Waals surface area contributed by atoms with Crippen LogP contribution in [-0.4, -0.2) is 15.2 Å². The standard InChI is InChI=1S/C15H13ClN4/c1-10-5-7-13(8-6-10)17-15-18-14(19-20-15)11-3-2-4-12(16)9-11/h2-9H,1H3,(H2,17,18,19,20). The zero-order chi connectivity index (χ0) is 13.9. The van der Waals surface area contributed by atoms with Crippen molar-refractivity contribution in [1.82, 2.24) is 15.2 Å². The van der Waals surface area contributed by atoms with Crippen molar-refractivity contribution in [3.05, 3.63) is 59.1 Å². The summed E-state index contributed by atoms with van der Waals surface area (Å²) in [7, 11) is 0. The summed E-state index contributed by atoms with van der Waals surface area (Å²) in [5.74, 6) is 1.21. The van der Waals surface area contributed by atoms with E-state index in [1.54, 1.807) is 0 Å². The Morgan fingerprint density at radius 3 is 2.65 bits per heavy atom. The quantitative estimate of drug-likeness (QED) is 0.759. The number of nitrogens with zero attached hydrogens (tertiary/aromatic N) is 2. The Bertz CT molecular complexity index is 719. The summed E-state index contributed by atoms with van der Waals surface area (Å²) in [5.41, 5.74) is 3.07. The number of rotatable bonds is 3. The second-order valence-corrected chi connectivity index (χ2v) is 4.95. The van der Waals surface area contributed by atoms with Crippen LogP contribution in [0.25, 0.3) is 11.4 Å². The number of anilines is 2. The molecule has 0 saturated carbocycles. The van der Waals surface area contributed by atoms with Gasteiger partial charge in [0, 0.05) is 16.3 Å². The smallest absolute Gasteiger partial charge is 0.246 e. The van der Waals surface area contributed by atoms with E-state index in [1.165, 1.54) is 5.56 Å². The third-order valence-corrected chi connectivity index (χ3v) is 3.13. The molecule has 0 aliphatic heterocycles. The molecule has 0 fully saturated rings. The van der Waals surface area contributed by atoms with E-state index in [0.717, 1.165) is 11.3 Å². The highest BCUT2D eigenvalue weighted by Crippen LogP contribution is 2.21. The molecule has 1 heterocycles. The van der Waals surface area contributed by atoms with Gasteiger partial charge in [-0.25, -0.2) is 0 Å². The molecule has 0 radical (unpaired) electrons. The zero-order valence-corrected chi connectivity index (χ0v) is 11.6. The number of aryl methyl sites for hydroxylation is 1. The van der Waals surface area contributed by atoms with Gasteiger partial charge in [0.15, 0.2) is 5.82 Å². The van der Waals surface area contributed by atoms with Crippen molar-refractivity contribution >= 4 is 23.2 Å². The van der Waals surface area contributed by atoms with Gasteiger partial charge >= 0.3 is 0 Å². The van der Waals surface area contributed by atoms with Crippen LogP contribution in [0.3, 0.4) is 0 Å². The number of halogens is 1. The van der Waals surface area contributed by atoms with Gasteiger partial charge in [-0.15, -0.1) is 5.10 Å². The van der Waals surface area contributed by atoms with Crippen LogP contribution >= 0.6 is 11.6 Å². The fourth-order valence-corrected chi connectivity index (χ4v) is 2.04. The molecule has 3 aromatic rings. The van der Waals surface area contributed by atoms with Crippen molar-refractivity contribution in [2.75, 3.05) is 5.32 Å². The van der Waals surface area contributed by atoms with Gasteiger partial charge in [-0.3, -0.25) is 5.10 Å². The molecule has 1 aromatic heterocycles. The minimum atomic E-state index is 0.531. The average Bonchev–Trinajstić information content (AvgIpc) is 2.90. The first-order valence-electron chi connectivity index (χ1n) is 6.23. The minimum Gasteiger partial charge on any atom is -0.323 e. The monoisotopic (exact) mass is 284 g/mol. The van der Waals surface area contributed by atoms with E-state index in [9.17, 15) is 0 Å². The van der Waals surface area contributed by atoms with Crippen molar-refractivity contribution in [2.45, 2.75) is 6.92 Å². The molecule has 3 rings (SSSR count). The fourth-order valence-electron chi connectivity index (χ4n) is 1.85. The molecule has 4 nitrogen and oxygen atoms in total. The van der Waals surface area contributed by atoms with Crippen LogP contribution in [0.4, 0.5) is 11.6 Å². The normalized spacial score (nSPS) is 10.5. The first-order valence-corrected chi connectivity index (χ1v) is 6.60. The molecule has 0 saturated heterocycles. The van der Waals surface area contributed by atoms with E-state index in [1.807, 2.05) is 55.5 Å². The second kappa shape index (κ2) is 5.35. The summed E-state index contributed by atoms with van der Waals surface area (Å²) in [6.45, 7) is 2.05. The van der Waals surface area contributed by atoms with Crippen LogP contribution in [0.2, 0.25) is 5.02 Å². The van der Waals surface area contributed by atoms with Gasteiger partial charge in [0.2, 0.25) is 5.95 Å². The van der Waals surface area contributed by atoms with Crippen molar-refractivity contribution < 1.29 is 0 Å². The van der Waals surface area contributed by atoms with Crippen LogP contribution in [0.15, 0.2) is 48.5 Å². The molecular weight excluding hydrogens is 272 g/mol. The number of hydrogen-bond acceptors (Lipinski definition) is 3. The number of aromatic amines is 1. The molecule has 0 bridgehead atoms. The predicted molar refractivity (Wildman–Crippen MR) is 81.3 cm³/mol. The number of hydrogen-bond donors (Lipinski definition) is 2. The Morgan fingerprint density at radius 2 is 1.90 bits per heavy atom. The lowest BCUT2D eigenvalue weighted by atomic mass is 10.2. The Kier molecular flexibility index (Phi) is 3.39. The average molecular weight is 285 g/mol. The molecule has 2 N–H and O–H groups in total. The molecule has 20 heavy (non-hydrogen) atoms. The van der Waals surface area contributed by atoms with Crippen molar-refractivity contribution in [2.24, 2.45) is 0 Å². The Labute approximate surface area is 121 Å². The van der Waals surface area contributed by atoms with E-state index >= 15 is 0 Å². The molecule has 0 spiro atoms. The highest BCUT2D eigenvalue weighted by molar-refractivity contribution is 6.30. The van der Waals surface area contributed by atoms with Gasteiger partial charge < -0.3 is 5.32 Å². The molecule has 0 amide bonds. The van der Waals surface area contributed by atoms with Crippen LogP contribution in [0.1, 0.15) is 5.56 Å². The van der Waals surface area contributed by atoms with Gasteiger partial charge in [0.05, 0.1) is 0 Å². The molecule has 0 unspecified atom stereocenters. The summed E-state index contributed by atoms with van der Waals surface area (Å²) in [6, 6.07) is 15.5. The Morgan fingerprint density at radius 1 is 1.10 bits per heavy atom. The van der Waals surface area contributed by atoms with Gasteiger partial charge in [-0.1, -0.05) is 41.4 Å². The maximum absolute atomic E-state index is 5.97. The molecule has 0 atom stereocenters. The Balaban J connectivity index is 1.82. The zero-order valence-electron chi connectivity index (χ0n) is 10.9. The largest absolute Gasteiger partial charge is 0.323 e. The van der Waals surface area contributed by atoms with Crippen molar-refractivity contribution in [1.29, 1.82) is 0 Å². The van der Waals surface area contributed by atoms with E-state index in [-0.39, 0.29) is 0 Å². The topological polar surface area (TPSA) is 53.6 Å². The van der Waals surface area contributed by atoms with Gasteiger partial charge in [0.25, 0.3) is 0 Å². The highest BCUT2D eigenvalue weighted by Gasteiger charge is 2.06. The number of aromatic nitrogens is 3. The van der Waals surface area contributed by atoms with Crippen molar-refractivity contribution in [3.8, 4) is 11.4 Å². The molecule has 5 heteroatoms. The number of nitrogens with one attached hydrogen (secondary N) is 2. The van der Waals surface area contributed by atoms with E-state index in [4.69, 9.17) is 11.6 Å². The van der Waals surface area contributed by atoms with Gasteiger partial charge in [-0.2, -0.15) is 4.98 Å². The third kappa shape index (κ3) is 2.81. The molecule has 0 aliphatic carbocycles. The maximum atomic E-state index is 5.97. The highest BCUT2D eigenvalue weighted by atomic mass is 35.5. The third-order valence-electron chi connectivity index (χ3n) is 2.89. The SMILES string of the molecule is Cc1ccc(Nc2n[nH]c(-c3cccc(Cl)c3)n2)cc1. The first kappa shape index (κ1) is 12.7. The first-order chi connectivity index (χ1) is 9.70. The summed E-state index contributed by atoms with van der Waals surface area (Å²) in [6.07, 6.45) is 0. The minimum absolute atomic E-state index is 0.531. The van der Waals surface area contributed by atoms with Gasteiger partial charge in [-0.05, 0) is 31.2 Å². The van der Waals surface area contributed by atoms with Crippen LogP contribution in [-0.2, 0) is 0 Å². The lowest BCUT2D eigenvalue weighted by Gasteiger charge is -2.01. The maximum Gasteiger partial charge on any atom is 0.246 e. The van der Waals surface area contributed by atoms with Gasteiger partial charge in [0.1, 0.15) is 0 Å². The summed E-state index contributed by atoms with van der Waals surface area (Å²) in [5, 5.41) is 10.9. The summed E-state index contributed by atoms with van der Waals surface area (Å²) in [4.78, 5) is 4.40. The van der Waals surface area contributed by atoms with Crippen LogP contribution < -0.4 is 5.32 Å². The summed E-state index contributed by atoms with van der Waals surface area (Å²) >= 11 is 5.97. The predicted octanol–water partition coefficient (Wildman–Crippen LogP) is 4.18. The molecular formula is C15H13ClN4. The molecule has 2 aromatic carbocycles. The van der Waals surface area contributed by atoms with E-state index in [2.05, 4.69) is 20.5 Å².